The number of hydrogen-bond acceptors (Lipinski definition) is 4. The molecular formula is C23H33Cl2FN2O4. The van der Waals surface area contributed by atoms with E-state index in [-0.39, 0.29) is 59.6 Å². The zero-order chi connectivity index (χ0) is 22.5. The SMILES string of the molecule is O=C(COC1CCC(Cl)C(F)C1)NC12CC(N3CC[C@@H](OC4CCC(Cl)CC4)C3=O)(C1)C2. The van der Waals surface area contributed by atoms with Crippen LogP contribution < -0.4 is 5.32 Å². The third-order valence-corrected chi connectivity index (χ3v) is 9.12. The lowest BCUT2D eigenvalue weighted by molar-refractivity contribution is -0.191. The molecule has 4 atom stereocenters. The van der Waals surface area contributed by atoms with Gasteiger partial charge < -0.3 is 19.7 Å². The number of likely N-dealkylation sites (tertiary alicyclic amines) is 1. The first-order valence-electron chi connectivity index (χ1n) is 12.1. The van der Waals surface area contributed by atoms with Crippen molar-refractivity contribution in [1.29, 1.82) is 0 Å². The minimum Gasteiger partial charge on any atom is -0.368 e. The van der Waals surface area contributed by atoms with Crippen molar-refractivity contribution in [3.05, 3.63) is 0 Å². The van der Waals surface area contributed by atoms with E-state index in [2.05, 4.69) is 5.32 Å². The molecule has 6 fully saturated rings. The molecular weight excluding hydrogens is 458 g/mol. The van der Waals surface area contributed by atoms with E-state index < -0.39 is 11.5 Å². The molecule has 0 spiro atoms. The van der Waals surface area contributed by atoms with Crippen LogP contribution in [0.15, 0.2) is 0 Å². The van der Waals surface area contributed by atoms with E-state index >= 15 is 0 Å². The molecule has 32 heavy (non-hydrogen) atoms. The first-order chi connectivity index (χ1) is 15.3. The highest BCUT2D eigenvalue weighted by Gasteiger charge is 2.72. The number of nitrogens with one attached hydrogen (secondary N) is 1. The van der Waals surface area contributed by atoms with Crippen LogP contribution in [0.3, 0.4) is 0 Å². The van der Waals surface area contributed by atoms with Crippen LogP contribution in [0, 0.1) is 0 Å². The van der Waals surface area contributed by atoms with Gasteiger partial charge in [0.1, 0.15) is 18.9 Å². The summed E-state index contributed by atoms with van der Waals surface area (Å²) in [5, 5.41) is 2.89. The molecule has 9 heteroatoms. The number of amides is 2. The summed E-state index contributed by atoms with van der Waals surface area (Å²) in [6.07, 6.45) is 6.91. The van der Waals surface area contributed by atoms with Crippen molar-refractivity contribution in [2.75, 3.05) is 13.2 Å². The van der Waals surface area contributed by atoms with Gasteiger partial charge in [-0.3, -0.25) is 9.59 Å². The summed E-state index contributed by atoms with van der Waals surface area (Å²) >= 11 is 12.1. The van der Waals surface area contributed by atoms with Gasteiger partial charge >= 0.3 is 0 Å². The van der Waals surface area contributed by atoms with Gasteiger partial charge in [0, 0.05) is 35.8 Å². The van der Waals surface area contributed by atoms with Gasteiger partial charge in [-0.1, -0.05) is 0 Å². The van der Waals surface area contributed by atoms with Crippen LogP contribution >= 0.6 is 23.2 Å². The molecule has 0 aromatic heterocycles. The summed E-state index contributed by atoms with van der Waals surface area (Å²) < 4.78 is 25.5. The summed E-state index contributed by atoms with van der Waals surface area (Å²) in [5.41, 5.74) is -0.327. The predicted octanol–water partition coefficient (Wildman–Crippen LogP) is 3.46. The monoisotopic (exact) mass is 490 g/mol. The van der Waals surface area contributed by atoms with Crippen LogP contribution in [-0.2, 0) is 19.1 Å². The molecule has 3 unspecified atom stereocenters. The molecule has 6 aliphatic rings. The van der Waals surface area contributed by atoms with Gasteiger partial charge in [-0.15, -0.1) is 23.2 Å². The molecule has 2 bridgehead atoms. The topological polar surface area (TPSA) is 67.9 Å². The van der Waals surface area contributed by atoms with Crippen LogP contribution in [0.2, 0.25) is 0 Å². The van der Waals surface area contributed by atoms with Gasteiger partial charge in [0.25, 0.3) is 5.91 Å². The number of halogens is 3. The predicted molar refractivity (Wildman–Crippen MR) is 119 cm³/mol. The summed E-state index contributed by atoms with van der Waals surface area (Å²) in [6, 6.07) is 0. The summed E-state index contributed by atoms with van der Waals surface area (Å²) in [6.45, 7) is 0.678. The maximum absolute atomic E-state index is 13.7. The molecule has 6 rings (SSSR count). The molecule has 2 amide bonds. The zero-order valence-electron chi connectivity index (χ0n) is 18.4. The van der Waals surface area contributed by atoms with Crippen molar-refractivity contribution in [3.8, 4) is 0 Å². The average Bonchev–Trinajstić information content (AvgIpc) is 3.06. The summed E-state index contributed by atoms with van der Waals surface area (Å²) in [7, 11) is 0. The Hall–Kier alpha value is -0.630. The lowest BCUT2D eigenvalue weighted by Gasteiger charge is -2.73. The number of alkyl halides is 3. The highest BCUT2D eigenvalue weighted by molar-refractivity contribution is 6.21. The molecule has 0 aromatic carbocycles. The van der Waals surface area contributed by atoms with Gasteiger partial charge in [-0.25, -0.2) is 4.39 Å². The number of ether oxygens (including phenoxy) is 2. The molecule has 0 aromatic rings. The van der Waals surface area contributed by atoms with E-state index in [0.29, 0.717) is 12.8 Å². The van der Waals surface area contributed by atoms with Crippen molar-refractivity contribution in [2.45, 2.75) is 117 Å². The van der Waals surface area contributed by atoms with Crippen molar-refractivity contribution in [1.82, 2.24) is 10.2 Å². The minimum absolute atomic E-state index is 0.0534. The largest absolute Gasteiger partial charge is 0.368 e. The molecule has 1 N–H and O–H groups in total. The maximum atomic E-state index is 13.7. The lowest BCUT2D eigenvalue weighted by atomic mass is 9.43. The molecule has 0 radical (unpaired) electrons. The Bertz CT molecular complexity index is 728. The number of carbonyl (C=O) groups excluding carboxylic acids is 2. The van der Waals surface area contributed by atoms with Crippen molar-refractivity contribution in [2.24, 2.45) is 0 Å². The molecule has 180 valence electrons. The molecule has 1 aliphatic heterocycles. The third-order valence-electron chi connectivity index (χ3n) is 8.19. The quantitative estimate of drug-likeness (QED) is 0.554. The number of carbonyl (C=O) groups is 2. The third kappa shape index (κ3) is 4.39. The van der Waals surface area contributed by atoms with E-state index in [9.17, 15) is 14.0 Å². The van der Waals surface area contributed by atoms with E-state index in [1.807, 2.05) is 4.90 Å². The van der Waals surface area contributed by atoms with Gasteiger partial charge in [-0.05, 0) is 57.8 Å². The van der Waals surface area contributed by atoms with E-state index in [1.54, 1.807) is 0 Å². The smallest absolute Gasteiger partial charge is 0.252 e. The molecule has 6 nitrogen and oxygen atoms in total. The summed E-state index contributed by atoms with van der Waals surface area (Å²) in [4.78, 5) is 27.4. The Kier molecular flexibility index (Phi) is 6.40. The second kappa shape index (κ2) is 8.86. The molecule has 5 aliphatic carbocycles. The highest BCUT2D eigenvalue weighted by Crippen LogP contribution is 2.64. The lowest BCUT2D eigenvalue weighted by Crippen LogP contribution is -2.84. The zero-order valence-corrected chi connectivity index (χ0v) is 19.9. The Balaban J connectivity index is 1.04. The van der Waals surface area contributed by atoms with Crippen LogP contribution in [-0.4, -0.2) is 76.2 Å². The fourth-order valence-corrected chi connectivity index (χ4v) is 6.99. The van der Waals surface area contributed by atoms with Crippen molar-refractivity contribution >= 4 is 35.0 Å². The Morgan fingerprint density at radius 2 is 1.75 bits per heavy atom. The second-order valence-electron chi connectivity index (χ2n) is 10.6. The molecule has 1 heterocycles. The van der Waals surface area contributed by atoms with Crippen LogP contribution in [0.1, 0.15) is 70.6 Å². The number of nitrogens with zero attached hydrogens (tertiary/aromatic N) is 1. The van der Waals surface area contributed by atoms with E-state index in [4.69, 9.17) is 32.7 Å². The maximum Gasteiger partial charge on any atom is 0.252 e. The minimum atomic E-state index is -1.07. The van der Waals surface area contributed by atoms with Crippen molar-refractivity contribution in [3.63, 3.8) is 0 Å². The standard InChI is InChI=1S/C23H33Cl2FN2O4/c24-14-1-3-15(4-2-14)32-19-7-8-28(21(19)30)23-11-22(12-23,13-23)27-20(29)10-31-16-5-6-17(25)18(26)9-16/h14-19H,1-13H2,(H,27,29)/t14?,15?,16?,17?,18?,19-,22?,23?/m1/s1. The first-order valence-corrected chi connectivity index (χ1v) is 13.0. The normalized spacial score (nSPS) is 45.8. The van der Waals surface area contributed by atoms with Crippen LogP contribution in [0.25, 0.3) is 0 Å². The van der Waals surface area contributed by atoms with Gasteiger partial charge in [0.15, 0.2) is 0 Å². The van der Waals surface area contributed by atoms with Gasteiger partial charge in [-0.2, -0.15) is 0 Å². The molecule has 5 saturated carbocycles. The first kappa shape index (κ1) is 23.1. The molecule has 1 saturated heterocycles. The van der Waals surface area contributed by atoms with Crippen LogP contribution in [0.5, 0.6) is 0 Å². The van der Waals surface area contributed by atoms with Gasteiger partial charge in [0.2, 0.25) is 5.91 Å². The Morgan fingerprint density at radius 1 is 1.06 bits per heavy atom. The number of hydrogen-bond donors (Lipinski definition) is 1. The van der Waals surface area contributed by atoms with E-state index in [1.165, 1.54) is 0 Å². The van der Waals surface area contributed by atoms with E-state index in [0.717, 1.165) is 57.9 Å². The number of rotatable bonds is 7. The second-order valence-corrected chi connectivity index (χ2v) is 11.8. The highest BCUT2D eigenvalue weighted by atomic mass is 35.5. The average molecular weight is 491 g/mol. The fraction of sp³-hybridized carbons (Fsp3) is 0.913. The summed E-state index contributed by atoms with van der Waals surface area (Å²) in [5.74, 6) is -0.0535. The van der Waals surface area contributed by atoms with Crippen molar-refractivity contribution < 1.29 is 23.5 Å². The van der Waals surface area contributed by atoms with Crippen LogP contribution in [0.4, 0.5) is 4.39 Å². The fourth-order valence-electron chi connectivity index (χ4n) is 6.51. The van der Waals surface area contributed by atoms with Gasteiger partial charge in [0.05, 0.1) is 17.6 Å². The Morgan fingerprint density at radius 3 is 2.44 bits per heavy atom. The Labute approximate surface area is 198 Å².